The smallest absolute Gasteiger partial charge is 0.261 e. The van der Waals surface area contributed by atoms with Crippen LogP contribution in [0.4, 0.5) is 5.69 Å². The largest absolute Gasteiger partial charge is 0.360 e. The number of aromatic amines is 1. The van der Waals surface area contributed by atoms with Gasteiger partial charge in [0.05, 0.1) is 10.5 Å². The number of H-pyrrole nitrogens is 1. The number of anilines is 1. The highest BCUT2D eigenvalue weighted by Gasteiger charge is 2.23. The molecule has 2 aromatic heterocycles. The molecule has 0 radical (unpaired) electrons. The van der Waals surface area contributed by atoms with Crippen molar-refractivity contribution in [2.24, 2.45) is 0 Å². The van der Waals surface area contributed by atoms with E-state index >= 15 is 0 Å². The molecular formula is C23H20ClN3O3. The van der Waals surface area contributed by atoms with Crippen molar-refractivity contribution in [1.82, 2.24) is 10.1 Å². The van der Waals surface area contributed by atoms with Gasteiger partial charge < -0.3 is 14.8 Å². The van der Waals surface area contributed by atoms with Crippen molar-refractivity contribution in [3.63, 3.8) is 0 Å². The molecule has 4 rings (SSSR count). The van der Waals surface area contributed by atoms with Crippen molar-refractivity contribution in [3.05, 3.63) is 80.3 Å². The molecule has 2 N–H and O–H groups in total. The van der Waals surface area contributed by atoms with Crippen LogP contribution < -0.4 is 10.9 Å². The second-order valence-electron chi connectivity index (χ2n) is 7.07. The lowest BCUT2D eigenvalue weighted by Crippen LogP contribution is -2.15. The Morgan fingerprint density at radius 1 is 1.20 bits per heavy atom. The summed E-state index contributed by atoms with van der Waals surface area (Å²) in [5.74, 6) is 0.0207. The molecule has 0 aliphatic heterocycles. The zero-order chi connectivity index (χ0) is 21.4. The Balaban J connectivity index is 1.72. The van der Waals surface area contributed by atoms with E-state index in [0.717, 1.165) is 16.5 Å². The summed E-state index contributed by atoms with van der Waals surface area (Å²) < 4.78 is 5.27. The van der Waals surface area contributed by atoms with Gasteiger partial charge in [-0.3, -0.25) is 9.59 Å². The molecule has 0 saturated carbocycles. The molecule has 0 saturated heterocycles. The van der Waals surface area contributed by atoms with E-state index in [4.69, 9.17) is 16.1 Å². The van der Waals surface area contributed by atoms with Crippen LogP contribution in [-0.4, -0.2) is 16.0 Å². The lowest BCUT2D eigenvalue weighted by Gasteiger charge is -2.10. The molecule has 0 aliphatic rings. The standard InChI is InChI=1S/C23H20ClN3O3/c1-4-15-12(2)16-10-9-14(11-19(16)26-22(15)28)25-23(29)20-13(3)30-27-21(20)17-7-5-6-8-18(17)24/h5-11H,4H2,1-3H3,(H,25,29)(H,26,28). The van der Waals surface area contributed by atoms with Crippen molar-refractivity contribution < 1.29 is 9.32 Å². The molecule has 0 bridgehead atoms. The second kappa shape index (κ2) is 7.80. The Labute approximate surface area is 177 Å². The van der Waals surface area contributed by atoms with Gasteiger partial charge in [0.1, 0.15) is 17.0 Å². The van der Waals surface area contributed by atoms with E-state index < -0.39 is 0 Å². The maximum Gasteiger partial charge on any atom is 0.261 e. The molecule has 152 valence electrons. The van der Waals surface area contributed by atoms with Crippen molar-refractivity contribution in [2.45, 2.75) is 27.2 Å². The fourth-order valence-electron chi connectivity index (χ4n) is 3.68. The van der Waals surface area contributed by atoms with Crippen LogP contribution in [0.3, 0.4) is 0 Å². The van der Waals surface area contributed by atoms with Crippen molar-refractivity contribution in [3.8, 4) is 11.3 Å². The number of aromatic nitrogens is 2. The summed E-state index contributed by atoms with van der Waals surface area (Å²) in [5.41, 5.74) is 4.14. The summed E-state index contributed by atoms with van der Waals surface area (Å²) >= 11 is 6.28. The molecular weight excluding hydrogens is 402 g/mol. The monoisotopic (exact) mass is 421 g/mol. The number of carbonyl (C=O) groups excluding carboxylic acids is 1. The van der Waals surface area contributed by atoms with Crippen LogP contribution in [0.5, 0.6) is 0 Å². The Morgan fingerprint density at radius 2 is 1.97 bits per heavy atom. The number of amides is 1. The highest BCUT2D eigenvalue weighted by atomic mass is 35.5. The predicted molar refractivity (Wildman–Crippen MR) is 118 cm³/mol. The number of fused-ring (bicyclic) bond motifs is 1. The zero-order valence-electron chi connectivity index (χ0n) is 16.8. The summed E-state index contributed by atoms with van der Waals surface area (Å²) in [6.07, 6.45) is 0.660. The first kappa shape index (κ1) is 19.9. The zero-order valence-corrected chi connectivity index (χ0v) is 17.6. The van der Waals surface area contributed by atoms with Gasteiger partial charge in [-0.2, -0.15) is 0 Å². The number of nitrogens with zero attached hydrogens (tertiary/aromatic N) is 1. The van der Waals surface area contributed by atoms with E-state index in [1.54, 1.807) is 31.2 Å². The van der Waals surface area contributed by atoms with Crippen LogP contribution in [0.15, 0.2) is 51.8 Å². The molecule has 2 aromatic carbocycles. The summed E-state index contributed by atoms with van der Waals surface area (Å²) in [7, 11) is 0. The Hall–Kier alpha value is -3.38. The number of hydrogen-bond donors (Lipinski definition) is 2. The van der Waals surface area contributed by atoms with Crippen molar-refractivity contribution in [1.29, 1.82) is 0 Å². The average Bonchev–Trinajstić information content (AvgIpc) is 3.09. The predicted octanol–water partition coefficient (Wildman–Crippen LogP) is 5.27. The molecule has 0 aliphatic carbocycles. The molecule has 0 atom stereocenters. The molecule has 4 aromatic rings. The van der Waals surface area contributed by atoms with Crippen LogP contribution in [-0.2, 0) is 6.42 Å². The van der Waals surface area contributed by atoms with E-state index in [-0.39, 0.29) is 11.5 Å². The topological polar surface area (TPSA) is 88.0 Å². The van der Waals surface area contributed by atoms with Gasteiger partial charge in [-0.05, 0) is 44.0 Å². The SMILES string of the molecule is CCc1c(C)c2ccc(NC(=O)c3c(-c4ccccc4Cl)noc3C)cc2[nH]c1=O. The number of nitrogens with one attached hydrogen (secondary N) is 2. The fourth-order valence-corrected chi connectivity index (χ4v) is 3.90. The lowest BCUT2D eigenvalue weighted by atomic mass is 10.0. The Kier molecular flexibility index (Phi) is 5.18. The van der Waals surface area contributed by atoms with Gasteiger partial charge >= 0.3 is 0 Å². The van der Waals surface area contributed by atoms with Crippen LogP contribution in [0, 0.1) is 13.8 Å². The number of halogens is 1. The summed E-state index contributed by atoms with van der Waals surface area (Å²) in [4.78, 5) is 28.3. The minimum absolute atomic E-state index is 0.109. The van der Waals surface area contributed by atoms with Gasteiger partial charge in [0, 0.05) is 22.2 Å². The van der Waals surface area contributed by atoms with Crippen molar-refractivity contribution in [2.75, 3.05) is 5.32 Å². The van der Waals surface area contributed by atoms with E-state index in [0.29, 0.717) is 45.2 Å². The number of benzene rings is 2. The summed E-state index contributed by atoms with van der Waals surface area (Å²) in [5, 5.41) is 8.33. The first-order valence-electron chi connectivity index (χ1n) is 9.58. The van der Waals surface area contributed by atoms with Crippen LogP contribution >= 0.6 is 11.6 Å². The fraction of sp³-hybridized carbons (Fsp3) is 0.174. The van der Waals surface area contributed by atoms with Gasteiger partial charge in [-0.25, -0.2) is 0 Å². The van der Waals surface area contributed by atoms with E-state index in [9.17, 15) is 9.59 Å². The van der Waals surface area contributed by atoms with E-state index in [1.165, 1.54) is 0 Å². The summed E-state index contributed by atoms with van der Waals surface area (Å²) in [6, 6.07) is 12.6. The molecule has 0 spiro atoms. The van der Waals surface area contributed by atoms with Gasteiger partial charge in [0.15, 0.2) is 0 Å². The van der Waals surface area contributed by atoms with Crippen LogP contribution in [0.2, 0.25) is 5.02 Å². The number of pyridine rings is 1. The van der Waals surface area contributed by atoms with Gasteiger partial charge in [-0.15, -0.1) is 0 Å². The first-order valence-corrected chi connectivity index (χ1v) is 9.96. The minimum atomic E-state index is -0.368. The van der Waals surface area contributed by atoms with Gasteiger partial charge in [0.25, 0.3) is 11.5 Å². The quantitative estimate of drug-likeness (QED) is 0.470. The first-order chi connectivity index (χ1) is 14.4. The highest BCUT2D eigenvalue weighted by Crippen LogP contribution is 2.31. The van der Waals surface area contributed by atoms with Crippen molar-refractivity contribution >= 4 is 34.1 Å². The van der Waals surface area contributed by atoms with Crippen LogP contribution in [0.1, 0.15) is 34.2 Å². The molecule has 2 heterocycles. The number of aryl methyl sites for hydroxylation is 2. The second-order valence-corrected chi connectivity index (χ2v) is 7.48. The normalized spacial score (nSPS) is 11.1. The number of hydrogen-bond acceptors (Lipinski definition) is 4. The molecule has 7 heteroatoms. The Bertz CT molecular complexity index is 1340. The molecule has 0 fully saturated rings. The minimum Gasteiger partial charge on any atom is -0.360 e. The third kappa shape index (κ3) is 3.39. The molecule has 0 unspecified atom stereocenters. The molecule has 1 amide bonds. The Morgan fingerprint density at radius 3 is 2.70 bits per heavy atom. The molecule has 30 heavy (non-hydrogen) atoms. The third-order valence-electron chi connectivity index (χ3n) is 5.23. The molecule has 6 nitrogen and oxygen atoms in total. The average molecular weight is 422 g/mol. The maximum atomic E-state index is 13.0. The maximum absolute atomic E-state index is 13.0. The van der Waals surface area contributed by atoms with Gasteiger partial charge in [-0.1, -0.05) is 47.9 Å². The number of rotatable bonds is 4. The van der Waals surface area contributed by atoms with E-state index in [1.807, 2.05) is 32.0 Å². The number of carbonyl (C=O) groups is 1. The summed E-state index contributed by atoms with van der Waals surface area (Å²) in [6.45, 7) is 5.57. The highest BCUT2D eigenvalue weighted by molar-refractivity contribution is 6.33. The van der Waals surface area contributed by atoms with Gasteiger partial charge in [0.2, 0.25) is 0 Å². The van der Waals surface area contributed by atoms with E-state index in [2.05, 4.69) is 15.5 Å². The lowest BCUT2D eigenvalue weighted by molar-refractivity contribution is 0.102. The van der Waals surface area contributed by atoms with Crippen LogP contribution in [0.25, 0.3) is 22.2 Å². The third-order valence-corrected chi connectivity index (χ3v) is 5.56.